The van der Waals surface area contributed by atoms with Gasteiger partial charge in [0.2, 0.25) is 0 Å². The van der Waals surface area contributed by atoms with Gasteiger partial charge in [-0.15, -0.1) is 0 Å². The molecule has 0 amide bonds. The fourth-order valence-electron chi connectivity index (χ4n) is 1.14. The lowest BCUT2D eigenvalue weighted by Gasteiger charge is -1.97. The normalized spacial score (nSPS) is 10.5. The first-order valence-electron chi connectivity index (χ1n) is 3.49. The van der Waals surface area contributed by atoms with E-state index in [2.05, 4.69) is 9.97 Å². The number of methoxy groups -OCH3 is 1. The van der Waals surface area contributed by atoms with Gasteiger partial charge in [-0.2, -0.15) is 9.37 Å². The van der Waals surface area contributed by atoms with E-state index in [1.165, 1.54) is 7.11 Å². The highest BCUT2D eigenvalue weighted by atomic mass is 19.1. The van der Waals surface area contributed by atoms with Crippen LogP contribution >= 0.6 is 0 Å². The van der Waals surface area contributed by atoms with E-state index in [1.54, 1.807) is 18.2 Å². The third-order valence-electron chi connectivity index (χ3n) is 1.67. The third kappa shape index (κ3) is 0.922. The van der Waals surface area contributed by atoms with E-state index in [9.17, 15) is 4.39 Å². The zero-order chi connectivity index (χ0) is 8.55. The third-order valence-corrected chi connectivity index (χ3v) is 1.67. The summed E-state index contributed by atoms with van der Waals surface area (Å²) in [5.74, 6) is 0.577. The monoisotopic (exact) mass is 166 g/mol. The summed E-state index contributed by atoms with van der Waals surface area (Å²) in [4.78, 5) is 6.11. The van der Waals surface area contributed by atoms with Gasteiger partial charge in [-0.05, 0) is 12.1 Å². The number of imidazole rings is 1. The number of ether oxygens (including phenoxy) is 1. The van der Waals surface area contributed by atoms with Crippen LogP contribution < -0.4 is 4.74 Å². The Balaban J connectivity index is 2.78. The van der Waals surface area contributed by atoms with E-state index in [4.69, 9.17) is 4.74 Å². The average Bonchev–Trinajstić information content (AvgIpc) is 2.44. The molecule has 0 fully saturated rings. The van der Waals surface area contributed by atoms with Gasteiger partial charge in [-0.3, -0.25) is 0 Å². The smallest absolute Gasteiger partial charge is 0.287 e. The van der Waals surface area contributed by atoms with Gasteiger partial charge < -0.3 is 9.72 Å². The number of aromatic amines is 1. The summed E-state index contributed by atoms with van der Waals surface area (Å²) < 4.78 is 17.6. The van der Waals surface area contributed by atoms with Crippen LogP contribution in [0.5, 0.6) is 5.75 Å². The number of aromatic nitrogens is 2. The number of nitrogens with zero attached hydrogens (tertiary/aromatic N) is 1. The van der Waals surface area contributed by atoms with Crippen LogP contribution in [-0.4, -0.2) is 17.1 Å². The molecule has 0 saturated heterocycles. The zero-order valence-corrected chi connectivity index (χ0v) is 6.47. The maximum atomic E-state index is 12.6. The molecule has 0 unspecified atom stereocenters. The fraction of sp³-hybridized carbons (Fsp3) is 0.125. The standard InChI is InChI=1S/C8H7FN2O/c1-12-6-4-2-3-5-7(6)11-8(9)10-5/h2-4H,1H3,(H,10,11). The van der Waals surface area contributed by atoms with Crippen molar-refractivity contribution in [2.24, 2.45) is 0 Å². The quantitative estimate of drug-likeness (QED) is 0.700. The number of para-hydroxylation sites is 1. The predicted octanol–water partition coefficient (Wildman–Crippen LogP) is 1.71. The first kappa shape index (κ1) is 7.09. The molecule has 12 heavy (non-hydrogen) atoms. The highest BCUT2D eigenvalue weighted by molar-refractivity contribution is 5.81. The highest BCUT2D eigenvalue weighted by Crippen LogP contribution is 2.22. The molecule has 3 nitrogen and oxygen atoms in total. The number of benzene rings is 1. The van der Waals surface area contributed by atoms with Crippen LogP contribution in [0.3, 0.4) is 0 Å². The van der Waals surface area contributed by atoms with Crippen LogP contribution in [0, 0.1) is 6.08 Å². The second-order valence-corrected chi connectivity index (χ2v) is 2.38. The van der Waals surface area contributed by atoms with Gasteiger partial charge in [-0.1, -0.05) is 6.07 Å². The molecule has 0 atom stereocenters. The minimum absolute atomic E-state index is 0.525. The molecular weight excluding hydrogens is 159 g/mol. The largest absolute Gasteiger partial charge is 0.494 e. The van der Waals surface area contributed by atoms with Crippen molar-refractivity contribution >= 4 is 11.0 Å². The van der Waals surface area contributed by atoms with Crippen LogP contribution in [0.15, 0.2) is 18.2 Å². The summed E-state index contributed by atoms with van der Waals surface area (Å²) in [6, 6.07) is 5.26. The summed E-state index contributed by atoms with van der Waals surface area (Å²) >= 11 is 0. The Kier molecular flexibility index (Phi) is 1.46. The molecule has 0 radical (unpaired) electrons. The predicted molar refractivity (Wildman–Crippen MR) is 42.6 cm³/mol. The van der Waals surface area contributed by atoms with Gasteiger partial charge in [0.25, 0.3) is 6.08 Å². The Labute approximate surface area is 68.2 Å². The van der Waals surface area contributed by atoms with Gasteiger partial charge in [0.15, 0.2) is 0 Å². The Hall–Kier alpha value is -1.58. The first-order valence-corrected chi connectivity index (χ1v) is 3.49. The van der Waals surface area contributed by atoms with Crippen LogP contribution in [0.2, 0.25) is 0 Å². The van der Waals surface area contributed by atoms with Gasteiger partial charge in [0.1, 0.15) is 11.3 Å². The number of rotatable bonds is 1. The van der Waals surface area contributed by atoms with E-state index in [1.807, 2.05) is 0 Å². The molecule has 4 heteroatoms. The Morgan fingerprint density at radius 3 is 3.08 bits per heavy atom. The van der Waals surface area contributed by atoms with Crippen molar-refractivity contribution in [3.8, 4) is 5.75 Å². The molecule has 1 aromatic heterocycles. The number of hydrogen-bond acceptors (Lipinski definition) is 2. The van der Waals surface area contributed by atoms with Gasteiger partial charge in [0.05, 0.1) is 12.6 Å². The minimum atomic E-state index is -0.588. The van der Waals surface area contributed by atoms with E-state index in [-0.39, 0.29) is 0 Å². The van der Waals surface area contributed by atoms with Gasteiger partial charge >= 0.3 is 0 Å². The van der Waals surface area contributed by atoms with E-state index in [0.717, 1.165) is 0 Å². The molecule has 1 N–H and O–H groups in total. The molecule has 1 heterocycles. The minimum Gasteiger partial charge on any atom is -0.494 e. The Bertz CT molecular complexity index is 410. The van der Waals surface area contributed by atoms with Crippen molar-refractivity contribution in [1.29, 1.82) is 0 Å². The van der Waals surface area contributed by atoms with Gasteiger partial charge in [-0.25, -0.2) is 0 Å². The molecule has 0 aliphatic carbocycles. The maximum absolute atomic E-state index is 12.6. The molecule has 1 aromatic carbocycles. The molecular formula is C8H7FN2O. The van der Waals surface area contributed by atoms with Crippen LogP contribution in [0.4, 0.5) is 4.39 Å². The molecule has 2 aromatic rings. The molecule has 62 valence electrons. The molecule has 0 spiro atoms. The Morgan fingerprint density at radius 2 is 2.33 bits per heavy atom. The van der Waals surface area contributed by atoms with Crippen molar-refractivity contribution in [1.82, 2.24) is 9.97 Å². The van der Waals surface area contributed by atoms with Crippen LogP contribution in [-0.2, 0) is 0 Å². The topological polar surface area (TPSA) is 37.9 Å². The number of nitrogens with one attached hydrogen (secondary N) is 1. The van der Waals surface area contributed by atoms with Crippen LogP contribution in [0.25, 0.3) is 11.0 Å². The average molecular weight is 166 g/mol. The van der Waals surface area contributed by atoms with Crippen molar-refractivity contribution in [2.45, 2.75) is 0 Å². The molecule has 0 bridgehead atoms. The highest BCUT2D eigenvalue weighted by Gasteiger charge is 2.05. The number of hydrogen-bond donors (Lipinski definition) is 1. The summed E-state index contributed by atoms with van der Waals surface area (Å²) in [6.45, 7) is 0. The first-order chi connectivity index (χ1) is 5.81. The summed E-state index contributed by atoms with van der Waals surface area (Å²) in [5.41, 5.74) is 1.17. The van der Waals surface area contributed by atoms with Gasteiger partial charge in [0, 0.05) is 0 Å². The van der Waals surface area contributed by atoms with Crippen molar-refractivity contribution in [2.75, 3.05) is 7.11 Å². The lowest BCUT2D eigenvalue weighted by atomic mass is 10.3. The zero-order valence-electron chi connectivity index (χ0n) is 6.47. The summed E-state index contributed by atoms with van der Waals surface area (Å²) in [5, 5.41) is 0. The Morgan fingerprint density at radius 1 is 1.50 bits per heavy atom. The number of H-pyrrole nitrogens is 1. The van der Waals surface area contributed by atoms with E-state index in [0.29, 0.717) is 16.8 Å². The summed E-state index contributed by atoms with van der Waals surface area (Å²) in [7, 11) is 1.53. The molecule has 0 saturated carbocycles. The van der Waals surface area contributed by atoms with Crippen molar-refractivity contribution in [3.63, 3.8) is 0 Å². The summed E-state index contributed by atoms with van der Waals surface area (Å²) in [6.07, 6.45) is -0.588. The van der Waals surface area contributed by atoms with E-state index < -0.39 is 6.08 Å². The maximum Gasteiger partial charge on any atom is 0.287 e. The van der Waals surface area contributed by atoms with Crippen molar-refractivity contribution in [3.05, 3.63) is 24.3 Å². The number of fused-ring (bicyclic) bond motifs is 1. The second kappa shape index (κ2) is 2.48. The molecule has 0 aliphatic rings. The molecule has 2 rings (SSSR count). The number of halogens is 1. The molecule has 0 aliphatic heterocycles. The lowest BCUT2D eigenvalue weighted by Crippen LogP contribution is -1.83. The SMILES string of the molecule is COc1cccc2[nH]c(F)nc12. The second-order valence-electron chi connectivity index (χ2n) is 2.38. The fourth-order valence-corrected chi connectivity index (χ4v) is 1.14. The van der Waals surface area contributed by atoms with Crippen molar-refractivity contribution < 1.29 is 9.13 Å². The van der Waals surface area contributed by atoms with Crippen LogP contribution in [0.1, 0.15) is 0 Å². The lowest BCUT2D eigenvalue weighted by molar-refractivity contribution is 0.418. The van der Waals surface area contributed by atoms with E-state index >= 15 is 0 Å².